The van der Waals surface area contributed by atoms with Crippen molar-refractivity contribution in [1.29, 1.82) is 0 Å². The summed E-state index contributed by atoms with van der Waals surface area (Å²) in [5.41, 5.74) is 10.4. The van der Waals surface area contributed by atoms with Gasteiger partial charge >= 0.3 is 0 Å². The summed E-state index contributed by atoms with van der Waals surface area (Å²) in [5, 5.41) is 4.49. The molecule has 2 heterocycles. The standard InChI is InChI=1S/C26H21ClN2S.HI/c1-2-18(26-28-22-13-7-9-15-24(22)30-26)16-19-17-25(27)29(20-10-4-3-5-11-20)23-14-8-6-12-21(19)23;/h3-15,17,26,28H,2H2,1H3;1H. The summed E-state index contributed by atoms with van der Waals surface area (Å²) in [6, 6.07) is 27.1. The third-order valence-electron chi connectivity index (χ3n) is 5.34. The van der Waals surface area contributed by atoms with Crippen LogP contribution in [0.1, 0.15) is 18.9 Å². The maximum absolute atomic E-state index is 6.80. The summed E-state index contributed by atoms with van der Waals surface area (Å²) < 4.78 is 0. The lowest BCUT2D eigenvalue weighted by Crippen LogP contribution is -2.18. The molecular weight excluding hydrogens is 535 g/mol. The van der Waals surface area contributed by atoms with Crippen LogP contribution in [0.3, 0.4) is 0 Å². The number of hydrogen-bond acceptors (Lipinski definition) is 3. The molecule has 0 bridgehead atoms. The highest BCUT2D eigenvalue weighted by Crippen LogP contribution is 2.44. The zero-order valence-electron chi connectivity index (χ0n) is 17.0. The van der Waals surface area contributed by atoms with Gasteiger partial charge in [0.15, 0.2) is 0 Å². The average Bonchev–Trinajstić information content (AvgIpc) is 3.22. The number of allylic oxidation sites excluding steroid dienone is 1. The zero-order chi connectivity index (χ0) is 20.5. The lowest BCUT2D eigenvalue weighted by molar-refractivity contribution is 1.01. The second kappa shape index (κ2) is 9.58. The number of nitrogens with one attached hydrogen (secondary N) is 1. The molecule has 0 fully saturated rings. The molecule has 31 heavy (non-hydrogen) atoms. The minimum absolute atomic E-state index is 0. The van der Waals surface area contributed by atoms with Gasteiger partial charge in [-0.3, -0.25) is 0 Å². The first-order chi connectivity index (χ1) is 14.7. The SMILES string of the molecule is CCC(=C=C1C=C(Cl)N(c2ccccc2)c2ccccc21)C1Nc2ccccc2S1.I. The fraction of sp³-hybridized carbons (Fsp3) is 0.115. The van der Waals surface area contributed by atoms with E-state index in [1.165, 1.54) is 16.2 Å². The summed E-state index contributed by atoms with van der Waals surface area (Å²) in [7, 11) is 0. The van der Waals surface area contributed by atoms with Crippen molar-refractivity contribution in [1.82, 2.24) is 0 Å². The normalized spacial score (nSPS) is 16.3. The van der Waals surface area contributed by atoms with Crippen LogP contribution in [-0.4, -0.2) is 5.37 Å². The van der Waals surface area contributed by atoms with Gasteiger partial charge in [-0.1, -0.05) is 78.8 Å². The van der Waals surface area contributed by atoms with Crippen molar-refractivity contribution in [3.05, 3.63) is 107 Å². The number of rotatable bonds is 3. The fourth-order valence-corrected chi connectivity index (χ4v) is 5.39. The number of hydrogen-bond donors (Lipinski definition) is 1. The smallest absolute Gasteiger partial charge is 0.115 e. The van der Waals surface area contributed by atoms with Crippen LogP contribution in [-0.2, 0) is 0 Å². The van der Waals surface area contributed by atoms with Gasteiger partial charge in [0.2, 0.25) is 0 Å². The first-order valence-corrected chi connectivity index (χ1v) is 11.3. The average molecular weight is 557 g/mol. The van der Waals surface area contributed by atoms with Gasteiger partial charge in [0, 0.05) is 33.0 Å². The molecule has 2 nitrogen and oxygen atoms in total. The molecule has 0 amide bonds. The second-order valence-corrected chi connectivity index (χ2v) is 8.75. The number of anilines is 3. The van der Waals surface area contributed by atoms with E-state index in [9.17, 15) is 0 Å². The Labute approximate surface area is 209 Å². The largest absolute Gasteiger partial charge is 0.368 e. The van der Waals surface area contributed by atoms with Crippen molar-refractivity contribution >= 4 is 70.0 Å². The zero-order valence-corrected chi connectivity index (χ0v) is 20.9. The molecule has 0 aromatic heterocycles. The molecule has 0 saturated heterocycles. The number of benzene rings is 3. The van der Waals surface area contributed by atoms with Crippen molar-refractivity contribution < 1.29 is 0 Å². The third kappa shape index (κ3) is 4.31. The molecule has 5 rings (SSSR count). The Morgan fingerprint density at radius 2 is 1.71 bits per heavy atom. The number of fused-ring (bicyclic) bond motifs is 2. The van der Waals surface area contributed by atoms with Crippen molar-refractivity contribution in [2.75, 3.05) is 10.2 Å². The molecule has 5 heteroatoms. The quantitative estimate of drug-likeness (QED) is 0.198. The molecule has 0 saturated carbocycles. The van der Waals surface area contributed by atoms with E-state index < -0.39 is 0 Å². The van der Waals surface area contributed by atoms with E-state index >= 15 is 0 Å². The van der Waals surface area contributed by atoms with E-state index in [1.807, 2.05) is 36.0 Å². The Morgan fingerprint density at radius 1 is 1.00 bits per heavy atom. The third-order valence-corrected chi connectivity index (χ3v) is 6.86. The Kier molecular flexibility index (Phi) is 6.83. The lowest BCUT2D eigenvalue weighted by atomic mass is 9.98. The summed E-state index contributed by atoms with van der Waals surface area (Å²) in [6.45, 7) is 2.18. The Hall–Kier alpha value is -2.11. The lowest BCUT2D eigenvalue weighted by Gasteiger charge is -2.30. The molecule has 3 aromatic carbocycles. The highest BCUT2D eigenvalue weighted by atomic mass is 127. The van der Waals surface area contributed by atoms with Gasteiger partial charge in [-0.05, 0) is 42.8 Å². The molecule has 1 atom stereocenters. The highest BCUT2D eigenvalue weighted by molar-refractivity contribution is 14.0. The van der Waals surface area contributed by atoms with Crippen molar-refractivity contribution in [2.24, 2.45) is 0 Å². The molecule has 156 valence electrons. The van der Waals surface area contributed by atoms with E-state index in [0.29, 0.717) is 5.16 Å². The molecule has 3 aromatic rings. The Bertz CT molecular complexity index is 1170. The Morgan fingerprint density at radius 3 is 2.48 bits per heavy atom. The first-order valence-electron chi connectivity index (χ1n) is 10.1. The molecule has 0 radical (unpaired) electrons. The number of halogens is 2. The van der Waals surface area contributed by atoms with Crippen LogP contribution in [0.2, 0.25) is 0 Å². The second-order valence-electron chi connectivity index (χ2n) is 7.21. The maximum Gasteiger partial charge on any atom is 0.115 e. The summed E-state index contributed by atoms with van der Waals surface area (Å²) >= 11 is 8.64. The molecule has 2 aliphatic heterocycles. The van der Waals surface area contributed by atoms with Crippen LogP contribution in [0.15, 0.2) is 106 Å². The molecule has 1 N–H and O–H groups in total. The number of thioether (sulfide) groups is 1. The molecule has 1 unspecified atom stereocenters. The predicted molar refractivity (Wildman–Crippen MR) is 145 cm³/mol. The fourth-order valence-electron chi connectivity index (χ4n) is 3.87. The van der Waals surface area contributed by atoms with Gasteiger partial charge in [0.05, 0.1) is 5.69 Å². The Balaban J connectivity index is 0.00000231. The predicted octanol–water partition coefficient (Wildman–Crippen LogP) is 8.40. The number of nitrogens with zero attached hydrogens (tertiary/aromatic N) is 1. The van der Waals surface area contributed by atoms with E-state index in [2.05, 4.69) is 83.5 Å². The van der Waals surface area contributed by atoms with Crippen molar-refractivity contribution in [3.63, 3.8) is 0 Å². The van der Waals surface area contributed by atoms with Crippen LogP contribution >= 0.6 is 47.3 Å². The van der Waals surface area contributed by atoms with Gasteiger partial charge in [-0.2, -0.15) is 0 Å². The van der Waals surface area contributed by atoms with E-state index in [0.717, 1.165) is 28.9 Å². The van der Waals surface area contributed by atoms with Gasteiger partial charge in [0.1, 0.15) is 10.5 Å². The highest BCUT2D eigenvalue weighted by Gasteiger charge is 2.25. The first kappa shape index (κ1) is 22.1. The van der Waals surface area contributed by atoms with E-state index in [-0.39, 0.29) is 29.4 Å². The minimum atomic E-state index is 0. The van der Waals surface area contributed by atoms with Crippen LogP contribution < -0.4 is 10.2 Å². The summed E-state index contributed by atoms with van der Waals surface area (Å²) in [4.78, 5) is 3.37. The van der Waals surface area contributed by atoms with Gasteiger partial charge < -0.3 is 10.2 Å². The van der Waals surface area contributed by atoms with Gasteiger partial charge in [0.25, 0.3) is 0 Å². The van der Waals surface area contributed by atoms with Gasteiger partial charge in [-0.15, -0.1) is 29.7 Å². The van der Waals surface area contributed by atoms with E-state index in [4.69, 9.17) is 11.6 Å². The van der Waals surface area contributed by atoms with Crippen molar-refractivity contribution in [2.45, 2.75) is 23.6 Å². The van der Waals surface area contributed by atoms with Crippen LogP contribution in [0.25, 0.3) is 5.57 Å². The topological polar surface area (TPSA) is 15.3 Å². The molecule has 0 spiro atoms. The van der Waals surface area contributed by atoms with Crippen LogP contribution in [0.4, 0.5) is 17.1 Å². The van der Waals surface area contributed by atoms with Crippen molar-refractivity contribution in [3.8, 4) is 0 Å². The summed E-state index contributed by atoms with van der Waals surface area (Å²) in [5.74, 6) is 0. The minimum Gasteiger partial charge on any atom is -0.368 e. The molecule has 2 aliphatic rings. The van der Waals surface area contributed by atoms with Crippen LogP contribution in [0, 0.1) is 0 Å². The summed E-state index contributed by atoms with van der Waals surface area (Å²) in [6.07, 6.45) is 2.94. The van der Waals surface area contributed by atoms with Gasteiger partial charge in [-0.25, -0.2) is 0 Å². The molecule has 0 aliphatic carbocycles. The maximum atomic E-state index is 6.80. The number of para-hydroxylation sites is 3. The van der Waals surface area contributed by atoms with Crippen LogP contribution in [0.5, 0.6) is 0 Å². The van der Waals surface area contributed by atoms with E-state index in [1.54, 1.807) is 0 Å². The monoisotopic (exact) mass is 556 g/mol. The molecular formula is C26H22ClIN2S.